The third-order valence-corrected chi connectivity index (χ3v) is 4.21. The minimum absolute atomic E-state index is 0.268. The smallest absolute Gasteiger partial charge is 0.363 e. The van der Waals surface area contributed by atoms with Gasteiger partial charge < -0.3 is 14.2 Å². The molecule has 0 unspecified atom stereocenters. The summed E-state index contributed by atoms with van der Waals surface area (Å²) < 4.78 is 16.3. The monoisotopic (exact) mass is 365 g/mol. The van der Waals surface area contributed by atoms with E-state index in [0.717, 1.165) is 16.9 Å². The van der Waals surface area contributed by atoms with Crippen molar-refractivity contribution in [3.8, 4) is 11.5 Å². The van der Waals surface area contributed by atoms with Gasteiger partial charge in [-0.1, -0.05) is 38.1 Å². The maximum atomic E-state index is 12.2. The van der Waals surface area contributed by atoms with Crippen LogP contribution in [0.25, 0.3) is 6.08 Å². The van der Waals surface area contributed by atoms with Crippen molar-refractivity contribution in [1.82, 2.24) is 0 Å². The van der Waals surface area contributed by atoms with Crippen molar-refractivity contribution in [2.75, 3.05) is 13.7 Å². The van der Waals surface area contributed by atoms with E-state index in [-0.39, 0.29) is 5.70 Å². The van der Waals surface area contributed by atoms with Crippen molar-refractivity contribution >= 4 is 17.9 Å². The lowest BCUT2D eigenvalue weighted by molar-refractivity contribution is -0.130. The van der Waals surface area contributed by atoms with Gasteiger partial charge in [-0.15, -0.1) is 0 Å². The lowest BCUT2D eigenvalue weighted by Crippen LogP contribution is -2.08. The molecule has 0 bridgehead atoms. The Balaban J connectivity index is 1.72. The van der Waals surface area contributed by atoms with Gasteiger partial charge >= 0.3 is 5.97 Å². The Bertz CT molecular complexity index is 869. The Labute approximate surface area is 159 Å². The summed E-state index contributed by atoms with van der Waals surface area (Å²) in [6.45, 7) is 4.62. The number of hydrogen-bond acceptors (Lipinski definition) is 5. The molecule has 0 atom stereocenters. The number of para-hydroxylation sites is 1. The molecule has 0 saturated heterocycles. The number of cyclic esters (lactones) is 1. The Morgan fingerprint density at radius 1 is 1.15 bits per heavy atom. The van der Waals surface area contributed by atoms with Gasteiger partial charge in [0, 0.05) is 5.56 Å². The van der Waals surface area contributed by atoms with Crippen molar-refractivity contribution in [3.63, 3.8) is 0 Å². The number of esters is 1. The molecule has 0 aliphatic carbocycles. The first-order valence-electron chi connectivity index (χ1n) is 8.94. The number of nitrogens with zero attached hydrogens (tertiary/aromatic N) is 1. The summed E-state index contributed by atoms with van der Waals surface area (Å²) in [6.07, 6.45) is 2.12. The lowest BCUT2D eigenvalue weighted by Gasteiger charge is -2.10. The van der Waals surface area contributed by atoms with Crippen LogP contribution in [0.4, 0.5) is 0 Å². The second-order valence-electron chi connectivity index (χ2n) is 6.49. The van der Waals surface area contributed by atoms with Crippen LogP contribution in [0, 0.1) is 0 Å². The number of methoxy groups -OCH3 is 1. The molecule has 0 spiro atoms. The number of rotatable bonds is 7. The van der Waals surface area contributed by atoms with Gasteiger partial charge in [-0.2, -0.15) is 0 Å². The highest BCUT2D eigenvalue weighted by atomic mass is 16.6. The second-order valence-corrected chi connectivity index (χ2v) is 6.49. The van der Waals surface area contributed by atoms with Gasteiger partial charge in [-0.25, -0.2) is 9.79 Å². The van der Waals surface area contributed by atoms with Crippen LogP contribution < -0.4 is 9.47 Å². The van der Waals surface area contributed by atoms with E-state index < -0.39 is 5.97 Å². The van der Waals surface area contributed by atoms with Crippen LogP contribution in [0.2, 0.25) is 0 Å². The molecule has 3 rings (SSSR count). The Hall–Kier alpha value is -3.08. The van der Waals surface area contributed by atoms with Crippen LogP contribution in [0.3, 0.4) is 0 Å². The average molecular weight is 365 g/mol. The van der Waals surface area contributed by atoms with Crippen molar-refractivity contribution in [2.45, 2.75) is 26.2 Å². The summed E-state index contributed by atoms with van der Waals surface area (Å²) in [7, 11) is 1.61. The SMILES string of the molecule is COc1ccc(C(C)C)cc1/C=C1\N=C(CCOc2ccccc2)OC1=O. The van der Waals surface area contributed by atoms with E-state index in [4.69, 9.17) is 14.2 Å². The number of carbonyl (C=O) groups is 1. The Morgan fingerprint density at radius 2 is 1.93 bits per heavy atom. The zero-order valence-corrected chi connectivity index (χ0v) is 15.8. The third kappa shape index (κ3) is 4.76. The fraction of sp³-hybridized carbons (Fsp3) is 0.273. The molecule has 2 aromatic rings. The highest BCUT2D eigenvalue weighted by Gasteiger charge is 2.23. The zero-order chi connectivity index (χ0) is 19.2. The molecule has 5 heteroatoms. The maximum Gasteiger partial charge on any atom is 0.363 e. The fourth-order valence-corrected chi connectivity index (χ4v) is 2.71. The molecule has 140 valence electrons. The molecule has 0 saturated carbocycles. The Kier molecular flexibility index (Phi) is 5.91. The number of ether oxygens (including phenoxy) is 3. The van der Waals surface area contributed by atoms with E-state index in [1.54, 1.807) is 13.2 Å². The minimum atomic E-state index is -0.457. The predicted molar refractivity (Wildman–Crippen MR) is 105 cm³/mol. The zero-order valence-electron chi connectivity index (χ0n) is 15.8. The molecule has 0 aromatic heterocycles. The molecule has 1 aliphatic rings. The van der Waals surface area contributed by atoms with Crippen molar-refractivity contribution < 1.29 is 19.0 Å². The molecule has 2 aromatic carbocycles. The first-order chi connectivity index (χ1) is 13.1. The standard InChI is InChI=1S/C22H23NO4/c1-15(2)16-9-10-20(25-3)17(13-16)14-19-22(24)27-21(23-19)11-12-26-18-7-5-4-6-8-18/h4-10,13-15H,11-12H2,1-3H3/b19-14-. The topological polar surface area (TPSA) is 57.1 Å². The van der Waals surface area contributed by atoms with Crippen LogP contribution in [-0.4, -0.2) is 25.6 Å². The summed E-state index contributed by atoms with van der Waals surface area (Å²) in [6, 6.07) is 15.4. The van der Waals surface area contributed by atoms with Gasteiger partial charge in [0.2, 0.25) is 5.90 Å². The molecule has 0 amide bonds. The van der Waals surface area contributed by atoms with E-state index in [1.807, 2.05) is 48.5 Å². The lowest BCUT2D eigenvalue weighted by atomic mass is 10.00. The quantitative estimate of drug-likeness (QED) is 0.532. The number of aliphatic imine (C=N–C) groups is 1. The van der Waals surface area contributed by atoms with E-state index in [0.29, 0.717) is 30.6 Å². The summed E-state index contributed by atoms with van der Waals surface area (Å²) in [5.41, 5.74) is 2.24. The van der Waals surface area contributed by atoms with Crippen molar-refractivity contribution in [1.29, 1.82) is 0 Å². The van der Waals surface area contributed by atoms with Crippen LogP contribution in [0.5, 0.6) is 11.5 Å². The van der Waals surface area contributed by atoms with Gasteiger partial charge in [0.25, 0.3) is 0 Å². The fourth-order valence-electron chi connectivity index (χ4n) is 2.71. The van der Waals surface area contributed by atoms with Crippen LogP contribution >= 0.6 is 0 Å². The molecule has 1 heterocycles. The average Bonchev–Trinajstić information content (AvgIpc) is 3.02. The predicted octanol–water partition coefficient (Wildman–Crippen LogP) is 4.58. The van der Waals surface area contributed by atoms with Gasteiger partial charge in [0.15, 0.2) is 5.70 Å². The van der Waals surface area contributed by atoms with Crippen molar-refractivity contribution in [3.05, 3.63) is 65.4 Å². The molecule has 0 fully saturated rings. The number of benzene rings is 2. The number of carbonyl (C=O) groups excluding carboxylic acids is 1. The number of hydrogen-bond donors (Lipinski definition) is 0. The van der Waals surface area contributed by atoms with Crippen LogP contribution in [0.1, 0.15) is 37.3 Å². The van der Waals surface area contributed by atoms with E-state index in [2.05, 4.69) is 18.8 Å². The highest BCUT2D eigenvalue weighted by Crippen LogP contribution is 2.27. The molecule has 5 nitrogen and oxygen atoms in total. The van der Waals surface area contributed by atoms with E-state index in [9.17, 15) is 4.79 Å². The van der Waals surface area contributed by atoms with Crippen molar-refractivity contribution in [2.24, 2.45) is 4.99 Å². The largest absolute Gasteiger partial charge is 0.496 e. The molecule has 1 aliphatic heterocycles. The highest BCUT2D eigenvalue weighted by molar-refractivity contribution is 6.07. The Morgan fingerprint density at radius 3 is 2.63 bits per heavy atom. The first-order valence-corrected chi connectivity index (χ1v) is 8.94. The third-order valence-electron chi connectivity index (χ3n) is 4.21. The van der Waals surface area contributed by atoms with Gasteiger partial charge in [-0.05, 0) is 41.8 Å². The molecule has 0 radical (unpaired) electrons. The van der Waals surface area contributed by atoms with E-state index >= 15 is 0 Å². The first kappa shape index (κ1) is 18.7. The second kappa shape index (κ2) is 8.54. The summed E-state index contributed by atoms with van der Waals surface area (Å²) in [5.74, 6) is 1.74. The van der Waals surface area contributed by atoms with Gasteiger partial charge in [-0.3, -0.25) is 0 Å². The van der Waals surface area contributed by atoms with Crippen LogP contribution in [-0.2, 0) is 9.53 Å². The van der Waals surface area contributed by atoms with Crippen LogP contribution in [0.15, 0.2) is 59.2 Å². The summed E-state index contributed by atoms with van der Waals surface area (Å²) in [4.78, 5) is 16.5. The normalized spacial score (nSPS) is 15.0. The van der Waals surface area contributed by atoms with E-state index in [1.165, 1.54) is 0 Å². The minimum Gasteiger partial charge on any atom is -0.496 e. The molecule has 0 N–H and O–H groups in total. The molecular weight excluding hydrogens is 342 g/mol. The summed E-state index contributed by atoms with van der Waals surface area (Å²) >= 11 is 0. The van der Waals surface area contributed by atoms with Gasteiger partial charge in [0.1, 0.15) is 11.5 Å². The maximum absolute atomic E-state index is 12.2. The molecule has 27 heavy (non-hydrogen) atoms. The molecular formula is C22H23NO4. The van der Waals surface area contributed by atoms with Gasteiger partial charge in [0.05, 0.1) is 20.1 Å². The summed E-state index contributed by atoms with van der Waals surface area (Å²) in [5, 5.41) is 0.